The fourth-order valence-corrected chi connectivity index (χ4v) is 3.27. The molecule has 0 radical (unpaired) electrons. The quantitative estimate of drug-likeness (QED) is 0.710. The highest BCUT2D eigenvalue weighted by molar-refractivity contribution is 5.84. The summed E-state index contributed by atoms with van der Waals surface area (Å²) in [6.07, 6.45) is 0. The third-order valence-electron chi connectivity index (χ3n) is 4.30. The van der Waals surface area contributed by atoms with Crippen LogP contribution in [0.5, 0.6) is 0 Å². The van der Waals surface area contributed by atoms with Crippen LogP contribution in [0.3, 0.4) is 0 Å². The minimum Gasteiger partial charge on any atom is -1.00 e. The number of quaternary nitrogens is 1. The maximum absolute atomic E-state index is 9.32. The molecule has 0 amide bonds. The van der Waals surface area contributed by atoms with Crippen LogP contribution >= 0.6 is 0 Å². The predicted octanol–water partition coefficient (Wildman–Crippen LogP) is 0.591. The molecule has 3 heteroatoms. The van der Waals surface area contributed by atoms with E-state index in [0.717, 1.165) is 17.7 Å². The van der Waals surface area contributed by atoms with Crippen molar-refractivity contribution in [3.8, 4) is 17.2 Å². The van der Waals surface area contributed by atoms with E-state index in [1.54, 1.807) is 0 Å². The van der Waals surface area contributed by atoms with Crippen molar-refractivity contribution in [3.63, 3.8) is 0 Å². The van der Waals surface area contributed by atoms with Gasteiger partial charge in [0.2, 0.25) is 0 Å². The minimum atomic E-state index is 0. The molecule has 0 saturated heterocycles. The number of nitrogens with zero attached hydrogens (tertiary/aromatic N) is 1. The third kappa shape index (κ3) is 2.57. The van der Waals surface area contributed by atoms with Gasteiger partial charge in [0.05, 0.1) is 11.6 Å². The first-order chi connectivity index (χ1) is 10.9. The number of fused-ring (bicyclic) bond motifs is 3. The van der Waals surface area contributed by atoms with Crippen molar-refractivity contribution in [2.24, 2.45) is 0 Å². The second-order valence-corrected chi connectivity index (χ2v) is 5.52. The average molecular weight is 363 g/mol. The first-order valence-electron chi connectivity index (χ1n) is 7.41. The van der Waals surface area contributed by atoms with Gasteiger partial charge in [-0.15, -0.1) is 0 Å². The van der Waals surface area contributed by atoms with Crippen molar-refractivity contribution in [3.05, 3.63) is 83.9 Å². The number of rotatable bonds is 2. The van der Waals surface area contributed by atoms with E-state index in [0.29, 0.717) is 0 Å². The summed E-state index contributed by atoms with van der Waals surface area (Å²) in [6.45, 7) is 0.789. The lowest BCUT2D eigenvalue weighted by molar-refractivity contribution is -0.772. The van der Waals surface area contributed by atoms with E-state index in [2.05, 4.69) is 60.7 Å². The molecule has 1 heterocycles. The summed E-state index contributed by atoms with van der Waals surface area (Å²) < 4.78 is 0. The van der Waals surface area contributed by atoms with Gasteiger partial charge < -0.3 is 17.0 Å². The van der Waals surface area contributed by atoms with Crippen molar-refractivity contribution in [2.75, 3.05) is 0 Å². The first-order valence-corrected chi connectivity index (χ1v) is 7.41. The van der Waals surface area contributed by atoms with E-state index in [4.69, 9.17) is 0 Å². The van der Waals surface area contributed by atoms with Gasteiger partial charge in [0.15, 0.2) is 0 Å². The molecule has 0 aromatic heterocycles. The lowest BCUT2D eigenvalue weighted by atomic mass is 10.1. The molecular formula is C20H15BrN2. The van der Waals surface area contributed by atoms with Crippen LogP contribution in [0, 0.1) is 11.3 Å². The smallest absolute Gasteiger partial charge is 0.144 e. The van der Waals surface area contributed by atoms with Crippen LogP contribution in [0.15, 0.2) is 72.8 Å². The van der Waals surface area contributed by atoms with Crippen molar-refractivity contribution in [1.82, 2.24) is 0 Å². The molecule has 0 saturated carbocycles. The molecule has 0 spiro atoms. The molecule has 3 aromatic carbocycles. The molecule has 4 rings (SSSR count). The SMILES string of the molecule is N#Cc1ccccc1C[NH+]1c2ccccc2-c2ccccc21.[Br-]. The summed E-state index contributed by atoms with van der Waals surface area (Å²) >= 11 is 0. The van der Waals surface area contributed by atoms with Crippen LogP contribution in [0.25, 0.3) is 11.1 Å². The summed E-state index contributed by atoms with van der Waals surface area (Å²) in [5.41, 5.74) is 7.02. The van der Waals surface area contributed by atoms with E-state index in [9.17, 15) is 5.26 Å². The van der Waals surface area contributed by atoms with Crippen LogP contribution < -0.4 is 21.9 Å². The number of para-hydroxylation sites is 2. The first kappa shape index (κ1) is 15.5. The molecule has 0 unspecified atom stereocenters. The summed E-state index contributed by atoms with van der Waals surface area (Å²) in [5, 5.41) is 9.32. The standard InChI is InChI=1S/C20H14N2.BrH/c21-13-15-7-1-2-8-16(15)14-22-19-11-5-3-9-17(19)18-10-4-6-12-20(18)22;/h1-12H,14H2;1H. The van der Waals surface area contributed by atoms with Crippen molar-refractivity contribution in [1.29, 1.82) is 5.26 Å². The number of nitrogens with one attached hydrogen (secondary N) is 1. The second kappa shape index (κ2) is 6.37. The Morgan fingerprint density at radius 1 is 0.739 bits per heavy atom. The normalized spacial score (nSPS) is 12.0. The van der Waals surface area contributed by atoms with Crippen LogP contribution in [-0.2, 0) is 6.54 Å². The zero-order valence-electron chi connectivity index (χ0n) is 12.5. The van der Waals surface area contributed by atoms with Gasteiger partial charge in [-0.2, -0.15) is 5.26 Å². The Hall–Kier alpha value is -2.41. The number of hydrogen-bond donors (Lipinski definition) is 1. The van der Waals surface area contributed by atoms with Gasteiger partial charge >= 0.3 is 0 Å². The Morgan fingerprint density at radius 2 is 1.26 bits per heavy atom. The van der Waals surface area contributed by atoms with Gasteiger partial charge in [0.25, 0.3) is 0 Å². The number of benzene rings is 3. The van der Waals surface area contributed by atoms with E-state index in [1.807, 2.05) is 18.2 Å². The maximum atomic E-state index is 9.32. The monoisotopic (exact) mass is 362 g/mol. The van der Waals surface area contributed by atoms with Crippen LogP contribution in [0.4, 0.5) is 11.4 Å². The van der Waals surface area contributed by atoms with Gasteiger partial charge in [0, 0.05) is 28.8 Å². The van der Waals surface area contributed by atoms with Gasteiger partial charge in [-0.3, -0.25) is 4.90 Å². The van der Waals surface area contributed by atoms with Crippen molar-refractivity contribution in [2.45, 2.75) is 6.54 Å². The van der Waals surface area contributed by atoms with Crippen molar-refractivity contribution < 1.29 is 21.9 Å². The van der Waals surface area contributed by atoms with Crippen LogP contribution in [0.1, 0.15) is 11.1 Å². The zero-order valence-corrected chi connectivity index (χ0v) is 14.0. The Bertz CT molecular complexity index is 850. The maximum Gasteiger partial charge on any atom is 0.144 e. The van der Waals surface area contributed by atoms with Gasteiger partial charge in [-0.05, 0) is 18.2 Å². The topological polar surface area (TPSA) is 28.2 Å². The van der Waals surface area contributed by atoms with E-state index in [-0.39, 0.29) is 17.0 Å². The molecule has 0 atom stereocenters. The molecule has 2 nitrogen and oxygen atoms in total. The minimum absolute atomic E-state index is 0. The number of hydrogen-bond acceptors (Lipinski definition) is 1. The largest absolute Gasteiger partial charge is 1.00 e. The van der Waals surface area contributed by atoms with Crippen molar-refractivity contribution >= 4 is 11.4 Å². The molecule has 0 bridgehead atoms. The molecule has 1 N–H and O–H groups in total. The Morgan fingerprint density at radius 3 is 1.87 bits per heavy atom. The molecule has 1 aliphatic rings. The van der Waals surface area contributed by atoms with Crippen LogP contribution in [0.2, 0.25) is 0 Å². The Balaban J connectivity index is 0.00000156. The van der Waals surface area contributed by atoms with E-state index in [1.165, 1.54) is 27.4 Å². The highest BCUT2D eigenvalue weighted by Gasteiger charge is 2.31. The fraction of sp³-hybridized carbons (Fsp3) is 0.0500. The molecular weight excluding hydrogens is 348 g/mol. The summed E-state index contributed by atoms with van der Waals surface area (Å²) in [7, 11) is 0. The molecule has 1 aliphatic heterocycles. The zero-order chi connectivity index (χ0) is 14.9. The molecule has 0 aliphatic carbocycles. The summed E-state index contributed by atoms with van der Waals surface area (Å²) in [5.74, 6) is 0. The van der Waals surface area contributed by atoms with Gasteiger partial charge in [-0.1, -0.05) is 42.5 Å². The lowest BCUT2D eigenvalue weighted by Crippen LogP contribution is -3.00. The van der Waals surface area contributed by atoms with Crippen LogP contribution in [-0.4, -0.2) is 0 Å². The Labute approximate surface area is 146 Å². The Kier molecular flexibility index (Phi) is 4.29. The average Bonchev–Trinajstić information content (AvgIpc) is 2.90. The van der Waals surface area contributed by atoms with Gasteiger partial charge in [0.1, 0.15) is 17.9 Å². The number of halogens is 1. The summed E-state index contributed by atoms with van der Waals surface area (Å²) in [4.78, 5) is 1.31. The summed E-state index contributed by atoms with van der Waals surface area (Å²) in [6, 6.07) is 27.2. The predicted molar refractivity (Wildman–Crippen MR) is 87.0 cm³/mol. The lowest BCUT2D eigenvalue weighted by Gasteiger charge is -2.15. The second-order valence-electron chi connectivity index (χ2n) is 5.52. The molecule has 0 fully saturated rings. The fourth-order valence-electron chi connectivity index (χ4n) is 3.27. The molecule has 3 aromatic rings. The molecule has 112 valence electrons. The van der Waals surface area contributed by atoms with Gasteiger partial charge in [-0.25, -0.2) is 0 Å². The third-order valence-corrected chi connectivity index (χ3v) is 4.30. The molecule has 23 heavy (non-hydrogen) atoms. The highest BCUT2D eigenvalue weighted by atomic mass is 79.9. The van der Waals surface area contributed by atoms with E-state index < -0.39 is 0 Å². The highest BCUT2D eigenvalue weighted by Crippen LogP contribution is 2.36. The van der Waals surface area contributed by atoms with E-state index >= 15 is 0 Å². The number of nitriles is 1.